The first-order chi connectivity index (χ1) is 9.04. The smallest absolute Gasteiger partial charge is 0.229 e. The zero-order chi connectivity index (χ0) is 14.3. The van der Waals surface area contributed by atoms with Crippen LogP contribution in [0.2, 0.25) is 0 Å². The molecule has 0 saturated heterocycles. The van der Waals surface area contributed by atoms with Crippen molar-refractivity contribution in [2.24, 2.45) is 11.7 Å². The zero-order valence-corrected chi connectivity index (χ0v) is 13.7. The van der Waals surface area contributed by atoms with E-state index in [1.165, 1.54) is 32.1 Å². The van der Waals surface area contributed by atoms with E-state index in [9.17, 15) is 4.79 Å². The highest BCUT2D eigenvalue weighted by Gasteiger charge is 2.32. The molecule has 0 aromatic heterocycles. The lowest BCUT2D eigenvalue weighted by atomic mass is 9.88. The highest BCUT2D eigenvalue weighted by molar-refractivity contribution is 8.00. The predicted molar refractivity (Wildman–Crippen MR) is 87.5 cm³/mol. The number of nitrogens with one attached hydrogen (secondary N) is 1. The predicted octanol–water partition coefficient (Wildman–Crippen LogP) is 2.87. The number of thioether (sulfide) groups is 1. The second-order valence-corrected chi connectivity index (χ2v) is 7.15. The molecule has 0 aromatic rings. The summed E-state index contributed by atoms with van der Waals surface area (Å²) in [6, 6.07) is 0. The van der Waals surface area contributed by atoms with Crippen molar-refractivity contribution in [1.82, 2.24) is 5.32 Å². The number of hydrogen-bond donors (Lipinski definition) is 2. The first-order valence-corrected chi connectivity index (χ1v) is 8.80. The van der Waals surface area contributed by atoms with Gasteiger partial charge in [-0.05, 0) is 25.5 Å². The molecule has 1 unspecified atom stereocenters. The first-order valence-electron chi connectivity index (χ1n) is 7.17. The van der Waals surface area contributed by atoms with Gasteiger partial charge in [0.25, 0.3) is 0 Å². The molecule has 1 rings (SSSR count). The summed E-state index contributed by atoms with van der Waals surface area (Å²) in [6.07, 6.45) is 10.1. The fraction of sp³-hybridized carbons (Fsp3) is 0.857. The molecular weight excluding hydrogens is 276 g/mol. The summed E-state index contributed by atoms with van der Waals surface area (Å²) < 4.78 is 0.223. The maximum atomic E-state index is 12.2. The highest BCUT2D eigenvalue weighted by atomic mass is 32.2. The molecule has 0 aliphatic heterocycles. The third kappa shape index (κ3) is 4.95. The molecule has 3 N–H and O–H groups in total. The fourth-order valence-electron chi connectivity index (χ4n) is 2.71. The van der Waals surface area contributed by atoms with Gasteiger partial charge in [-0.15, -0.1) is 0 Å². The van der Waals surface area contributed by atoms with E-state index in [1.54, 1.807) is 0 Å². The molecule has 0 bridgehead atoms. The van der Waals surface area contributed by atoms with Crippen molar-refractivity contribution < 1.29 is 4.79 Å². The van der Waals surface area contributed by atoms with Gasteiger partial charge in [0.15, 0.2) is 0 Å². The molecule has 0 heterocycles. The van der Waals surface area contributed by atoms with E-state index in [4.69, 9.17) is 18.0 Å². The van der Waals surface area contributed by atoms with Gasteiger partial charge in [0.2, 0.25) is 5.91 Å². The molecule has 19 heavy (non-hydrogen) atoms. The molecule has 1 fully saturated rings. The third-order valence-electron chi connectivity index (χ3n) is 4.02. The Morgan fingerprint density at radius 1 is 1.42 bits per heavy atom. The number of thiocarbonyl (C=S) groups is 1. The van der Waals surface area contributed by atoms with Gasteiger partial charge in [-0.25, -0.2) is 0 Å². The third-order valence-corrected chi connectivity index (χ3v) is 5.72. The van der Waals surface area contributed by atoms with Crippen molar-refractivity contribution in [3.8, 4) is 0 Å². The lowest BCUT2D eigenvalue weighted by molar-refractivity contribution is -0.123. The quantitative estimate of drug-likeness (QED) is 0.710. The van der Waals surface area contributed by atoms with Gasteiger partial charge in [-0.1, -0.05) is 44.8 Å². The Bertz CT molecular complexity index is 315. The second kappa shape index (κ2) is 8.10. The van der Waals surface area contributed by atoms with Crippen molar-refractivity contribution in [2.45, 2.75) is 56.6 Å². The molecule has 1 saturated carbocycles. The van der Waals surface area contributed by atoms with Gasteiger partial charge in [0.1, 0.15) is 0 Å². The summed E-state index contributed by atoms with van der Waals surface area (Å²) in [5.74, 6) is -0.296. The van der Waals surface area contributed by atoms with Gasteiger partial charge in [-0.3, -0.25) is 4.79 Å². The minimum absolute atomic E-state index is 0.00773. The van der Waals surface area contributed by atoms with Crippen LogP contribution in [-0.4, -0.2) is 28.4 Å². The van der Waals surface area contributed by atoms with Gasteiger partial charge in [0, 0.05) is 11.3 Å². The Morgan fingerprint density at radius 2 is 2.05 bits per heavy atom. The molecule has 0 radical (unpaired) electrons. The van der Waals surface area contributed by atoms with Crippen LogP contribution in [0, 0.1) is 5.92 Å². The molecule has 5 heteroatoms. The number of carbonyl (C=O) groups excluding carboxylic acids is 1. The summed E-state index contributed by atoms with van der Waals surface area (Å²) in [5, 5.41) is 3.08. The molecule has 110 valence electrons. The van der Waals surface area contributed by atoms with E-state index in [0.29, 0.717) is 4.99 Å². The van der Waals surface area contributed by atoms with Gasteiger partial charge in [0.05, 0.1) is 10.9 Å². The van der Waals surface area contributed by atoms with E-state index in [0.717, 1.165) is 19.4 Å². The van der Waals surface area contributed by atoms with Crippen molar-refractivity contribution in [3.05, 3.63) is 0 Å². The molecule has 1 atom stereocenters. The maximum Gasteiger partial charge on any atom is 0.229 e. The number of nitrogens with two attached hydrogens (primary N) is 1. The molecule has 0 spiro atoms. The Morgan fingerprint density at radius 3 is 2.53 bits per heavy atom. The Hall–Kier alpha value is -0.290. The van der Waals surface area contributed by atoms with Crippen LogP contribution in [-0.2, 0) is 4.79 Å². The summed E-state index contributed by atoms with van der Waals surface area (Å²) in [6.45, 7) is 2.79. The fourth-order valence-corrected chi connectivity index (χ4v) is 3.85. The van der Waals surface area contributed by atoms with Crippen LogP contribution in [0.3, 0.4) is 0 Å². The van der Waals surface area contributed by atoms with Crippen LogP contribution in [0.5, 0.6) is 0 Å². The topological polar surface area (TPSA) is 55.1 Å². The number of hydrogen-bond acceptors (Lipinski definition) is 3. The average molecular weight is 303 g/mol. The van der Waals surface area contributed by atoms with Gasteiger partial charge in [-0.2, -0.15) is 11.8 Å². The Labute approximate surface area is 126 Å². The highest BCUT2D eigenvalue weighted by Crippen LogP contribution is 2.38. The molecule has 3 nitrogen and oxygen atoms in total. The Kier molecular flexibility index (Phi) is 7.15. The summed E-state index contributed by atoms with van der Waals surface area (Å²) >= 11 is 6.89. The van der Waals surface area contributed by atoms with Gasteiger partial charge >= 0.3 is 0 Å². The standard InChI is InChI=1S/C14H26N2OS2/c1-3-7-11(12(15)18)13(17)16-10-14(19-2)8-5-4-6-9-14/h11H,3-10H2,1-2H3,(H2,15,18)(H,16,17). The van der Waals surface area contributed by atoms with E-state index >= 15 is 0 Å². The van der Waals surface area contributed by atoms with Crippen molar-refractivity contribution in [3.63, 3.8) is 0 Å². The van der Waals surface area contributed by atoms with E-state index < -0.39 is 0 Å². The van der Waals surface area contributed by atoms with Crippen LogP contribution < -0.4 is 11.1 Å². The SMILES string of the molecule is CCCC(C(=O)NCC1(SC)CCCCC1)C(N)=S. The minimum Gasteiger partial charge on any atom is -0.393 e. The average Bonchev–Trinajstić information content (AvgIpc) is 2.43. The van der Waals surface area contributed by atoms with E-state index in [2.05, 4.69) is 11.6 Å². The Balaban J connectivity index is 2.53. The second-order valence-electron chi connectivity index (χ2n) is 5.41. The monoisotopic (exact) mass is 302 g/mol. The largest absolute Gasteiger partial charge is 0.393 e. The number of carbonyl (C=O) groups is 1. The maximum absolute atomic E-state index is 12.2. The van der Waals surface area contributed by atoms with Crippen molar-refractivity contribution >= 4 is 34.9 Å². The van der Waals surface area contributed by atoms with Crippen LogP contribution in [0.15, 0.2) is 0 Å². The molecule has 1 aliphatic rings. The van der Waals surface area contributed by atoms with E-state index in [1.807, 2.05) is 18.7 Å². The zero-order valence-electron chi connectivity index (χ0n) is 12.0. The first kappa shape index (κ1) is 16.8. The minimum atomic E-state index is -0.303. The molecule has 1 aliphatic carbocycles. The molecular formula is C14H26N2OS2. The summed E-state index contributed by atoms with van der Waals surface area (Å²) in [5.41, 5.74) is 5.66. The van der Waals surface area contributed by atoms with Crippen LogP contribution in [0.1, 0.15) is 51.9 Å². The summed E-state index contributed by atoms with van der Waals surface area (Å²) in [4.78, 5) is 12.5. The normalized spacial score (nSPS) is 19.7. The lowest BCUT2D eigenvalue weighted by Gasteiger charge is -2.36. The van der Waals surface area contributed by atoms with Crippen LogP contribution >= 0.6 is 24.0 Å². The van der Waals surface area contributed by atoms with Crippen LogP contribution in [0.4, 0.5) is 0 Å². The molecule has 1 amide bonds. The van der Waals surface area contributed by atoms with Crippen molar-refractivity contribution in [2.75, 3.05) is 12.8 Å². The van der Waals surface area contributed by atoms with E-state index in [-0.39, 0.29) is 16.6 Å². The van der Waals surface area contributed by atoms with Crippen LogP contribution in [0.25, 0.3) is 0 Å². The van der Waals surface area contributed by atoms with Crippen molar-refractivity contribution in [1.29, 1.82) is 0 Å². The summed E-state index contributed by atoms with van der Waals surface area (Å²) in [7, 11) is 0. The molecule has 0 aromatic carbocycles. The lowest BCUT2D eigenvalue weighted by Crippen LogP contribution is -2.45. The van der Waals surface area contributed by atoms with Gasteiger partial charge < -0.3 is 11.1 Å². The number of rotatable bonds is 7. The number of amides is 1.